The summed E-state index contributed by atoms with van der Waals surface area (Å²) in [7, 11) is 2.80. The lowest BCUT2D eigenvalue weighted by Crippen LogP contribution is -2.25. The van der Waals surface area contributed by atoms with Crippen LogP contribution in [0.5, 0.6) is 0 Å². The van der Waals surface area contributed by atoms with Gasteiger partial charge in [-0.2, -0.15) is 0 Å². The molecule has 5 rings (SSSR count). The van der Waals surface area contributed by atoms with Crippen molar-refractivity contribution in [3.63, 3.8) is 0 Å². The summed E-state index contributed by atoms with van der Waals surface area (Å²) in [6.07, 6.45) is 2.12. The number of rotatable bonds is 2. The van der Waals surface area contributed by atoms with Crippen LogP contribution in [0.15, 0.2) is 36.4 Å². The first-order valence-electron chi connectivity index (χ1n) is 8.08. The first-order valence-corrected chi connectivity index (χ1v) is 8.08. The van der Waals surface area contributed by atoms with Gasteiger partial charge < -0.3 is 9.47 Å². The molecule has 2 aromatic carbocycles. The Labute approximate surface area is 140 Å². The molecular formula is C20H18O4. The first-order chi connectivity index (χ1) is 11.6. The number of benzene rings is 2. The van der Waals surface area contributed by atoms with E-state index in [1.54, 1.807) is 0 Å². The van der Waals surface area contributed by atoms with Crippen LogP contribution in [0.4, 0.5) is 0 Å². The largest absolute Gasteiger partial charge is 0.465 e. The van der Waals surface area contributed by atoms with Crippen LogP contribution >= 0.6 is 0 Å². The highest BCUT2D eigenvalue weighted by Gasteiger charge is 2.38. The molecule has 122 valence electrons. The Morgan fingerprint density at radius 2 is 1.17 bits per heavy atom. The quantitative estimate of drug-likeness (QED) is 0.792. The number of hydrogen-bond donors (Lipinski definition) is 0. The fraction of sp³-hybridized carbons (Fsp3) is 0.300. The number of carbonyl (C=O) groups excluding carboxylic acids is 2. The van der Waals surface area contributed by atoms with Gasteiger partial charge in [0.1, 0.15) is 0 Å². The molecule has 3 aliphatic carbocycles. The van der Waals surface area contributed by atoms with Gasteiger partial charge in [0.15, 0.2) is 0 Å². The van der Waals surface area contributed by atoms with Crippen molar-refractivity contribution in [3.8, 4) is 0 Å². The number of esters is 2. The Morgan fingerprint density at radius 3 is 1.54 bits per heavy atom. The number of carbonyl (C=O) groups is 2. The zero-order valence-corrected chi connectivity index (χ0v) is 13.7. The Balaban J connectivity index is 1.82. The molecule has 3 aliphatic rings. The molecule has 2 atom stereocenters. The van der Waals surface area contributed by atoms with Crippen molar-refractivity contribution in [2.75, 3.05) is 14.2 Å². The molecule has 0 saturated carbocycles. The Kier molecular flexibility index (Phi) is 3.41. The van der Waals surface area contributed by atoms with Gasteiger partial charge in [-0.25, -0.2) is 9.59 Å². The lowest BCUT2D eigenvalue weighted by atomic mass is 9.63. The third kappa shape index (κ3) is 2.06. The lowest BCUT2D eigenvalue weighted by Gasteiger charge is -2.40. The van der Waals surface area contributed by atoms with Crippen molar-refractivity contribution in [1.29, 1.82) is 0 Å². The summed E-state index contributed by atoms with van der Waals surface area (Å²) in [5, 5.41) is 0. The molecule has 0 aromatic heterocycles. The topological polar surface area (TPSA) is 52.6 Å². The first kappa shape index (κ1) is 14.9. The van der Waals surface area contributed by atoms with E-state index in [4.69, 9.17) is 9.47 Å². The highest BCUT2D eigenvalue weighted by atomic mass is 16.5. The summed E-state index contributed by atoms with van der Waals surface area (Å²) in [4.78, 5) is 23.7. The monoisotopic (exact) mass is 322 g/mol. The summed E-state index contributed by atoms with van der Waals surface area (Å²) in [5.74, 6) is -0.0615. The van der Waals surface area contributed by atoms with Gasteiger partial charge in [0.2, 0.25) is 0 Å². The molecule has 0 aliphatic heterocycles. The number of fused-ring (bicyclic) bond motifs is 1. The summed E-state index contributed by atoms with van der Waals surface area (Å²) >= 11 is 0. The second-order valence-electron chi connectivity index (χ2n) is 6.35. The summed E-state index contributed by atoms with van der Waals surface area (Å²) in [6, 6.07) is 11.7. The van der Waals surface area contributed by atoms with Crippen molar-refractivity contribution in [2.45, 2.75) is 24.7 Å². The molecule has 2 aromatic rings. The van der Waals surface area contributed by atoms with Crippen LogP contribution in [0.2, 0.25) is 0 Å². The minimum atomic E-state index is -0.305. The average molecular weight is 322 g/mol. The molecule has 0 heterocycles. The SMILES string of the molecule is COC(=O)c1ccc2c(c1)C1CCC2c2cc(C(=O)OC)ccc21. The maximum absolute atomic E-state index is 11.8. The number of ether oxygens (including phenoxy) is 2. The van der Waals surface area contributed by atoms with Gasteiger partial charge in [0, 0.05) is 11.8 Å². The Bertz CT molecular complexity index is 781. The van der Waals surface area contributed by atoms with Crippen LogP contribution in [0, 0.1) is 0 Å². The molecule has 2 unspecified atom stereocenters. The van der Waals surface area contributed by atoms with E-state index in [9.17, 15) is 9.59 Å². The van der Waals surface area contributed by atoms with E-state index in [-0.39, 0.29) is 23.8 Å². The second kappa shape index (κ2) is 5.48. The maximum Gasteiger partial charge on any atom is 0.337 e. The smallest absolute Gasteiger partial charge is 0.337 e. The second-order valence-corrected chi connectivity index (χ2v) is 6.35. The molecule has 0 radical (unpaired) electrons. The number of hydrogen-bond acceptors (Lipinski definition) is 4. The maximum atomic E-state index is 11.8. The highest BCUT2D eigenvalue weighted by molar-refractivity contribution is 5.91. The van der Waals surface area contributed by atoms with Crippen LogP contribution in [-0.2, 0) is 9.47 Å². The van der Waals surface area contributed by atoms with Gasteiger partial charge in [0.05, 0.1) is 25.3 Å². The molecule has 0 N–H and O–H groups in total. The van der Waals surface area contributed by atoms with Crippen LogP contribution in [-0.4, -0.2) is 26.2 Å². The molecule has 2 bridgehead atoms. The minimum Gasteiger partial charge on any atom is -0.465 e. The van der Waals surface area contributed by atoms with Gasteiger partial charge in [-0.1, -0.05) is 12.1 Å². The minimum absolute atomic E-state index is 0.274. The zero-order chi connectivity index (χ0) is 16.8. The fourth-order valence-electron chi connectivity index (χ4n) is 4.17. The summed E-state index contributed by atoms with van der Waals surface area (Å²) < 4.78 is 9.68. The molecule has 24 heavy (non-hydrogen) atoms. The van der Waals surface area contributed by atoms with Crippen molar-refractivity contribution in [3.05, 3.63) is 69.8 Å². The van der Waals surface area contributed by atoms with E-state index in [2.05, 4.69) is 0 Å². The van der Waals surface area contributed by atoms with Crippen molar-refractivity contribution >= 4 is 11.9 Å². The molecular weight excluding hydrogens is 304 g/mol. The van der Waals surface area contributed by atoms with Gasteiger partial charge in [-0.3, -0.25) is 0 Å². The molecule has 4 nitrogen and oxygen atoms in total. The van der Waals surface area contributed by atoms with Gasteiger partial charge >= 0.3 is 11.9 Å². The van der Waals surface area contributed by atoms with Crippen molar-refractivity contribution in [2.24, 2.45) is 0 Å². The molecule has 0 fully saturated rings. The summed E-state index contributed by atoms with van der Waals surface area (Å²) in [5.41, 5.74) is 6.13. The predicted octanol–water partition coefficient (Wildman–Crippen LogP) is 3.63. The average Bonchev–Trinajstić information content (AvgIpc) is 2.66. The van der Waals surface area contributed by atoms with E-state index < -0.39 is 0 Å². The predicted molar refractivity (Wildman–Crippen MR) is 88.5 cm³/mol. The lowest BCUT2D eigenvalue weighted by molar-refractivity contribution is 0.0591. The summed E-state index contributed by atoms with van der Waals surface area (Å²) in [6.45, 7) is 0. The van der Waals surface area contributed by atoms with Crippen molar-refractivity contribution < 1.29 is 19.1 Å². The van der Waals surface area contributed by atoms with E-state index in [1.807, 2.05) is 36.4 Å². The van der Waals surface area contributed by atoms with E-state index >= 15 is 0 Å². The van der Waals surface area contributed by atoms with Crippen LogP contribution in [0.25, 0.3) is 0 Å². The van der Waals surface area contributed by atoms with E-state index in [0.717, 1.165) is 12.8 Å². The van der Waals surface area contributed by atoms with Gasteiger partial charge in [-0.05, 0) is 59.4 Å². The zero-order valence-electron chi connectivity index (χ0n) is 13.7. The van der Waals surface area contributed by atoms with Gasteiger partial charge in [0.25, 0.3) is 0 Å². The molecule has 0 spiro atoms. The van der Waals surface area contributed by atoms with Crippen LogP contribution < -0.4 is 0 Å². The van der Waals surface area contributed by atoms with E-state index in [0.29, 0.717) is 11.1 Å². The van der Waals surface area contributed by atoms with Crippen LogP contribution in [0.1, 0.15) is 67.6 Å². The fourth-order valence-corrected chi connectivity index (χ4v) is 4.17. The van der Waals surface area contributed by atoms with Gasteiger partial charge in [-0.15, -0.1) is 0 Å². The third-order valence-electron chi connectivity index (χ3n) is 5.26. The standard InChI is InChI=1S/C20H18O4/c1-23-19(21)11-3-5-13-16-8-7-15(17(13)9-11)14-6-4-12(10-18(14)16)20(22)24-2/h3-6,9-10,15-16H,7-8H2,1-2H3. The van der Waals surface area contributed by atoms with Crippen molar-refractivity contribution in [1.82, 2.24) is 0 Å². The Morgan fingerprint density at radius 1 is 0.750 bits per heavy atom. The Hall–Kier alpha value is -2.62. The highest BCUT2D eigenvalue weighted by Crippen LogP contribution is 2.53. The number of methoxy groups -OCH3 is 2. The van der Waals surface area contributed by atoms with Crippen LogP contribution in [0.3, 0.4) is 0 Å². The molecule has 0 saturated heterocycles. The normalized spacial score (nSPS) is 20.1. The third-order valence-corrected chi connectivity index (χ3v) is 5.26. The molecule has 4 heteroatoms. The molecule has 0 amide bonds. The van der Waals surface area contributed by atoms with E-state index in [1.165, 1.54) is 36.5 Å².